The number of aliphatic hydroxyl groups excluding tert-OH is 3. The van der Waals surface area contributed by atoms with Gasteiger partial charge in [0.25, 0.3) is 5.91 Å². The lowest BCUT2D eigenvalue weighted by atomic mass is 9.39. The van der Waals surface area contributed by atoms with Crippen molar-refractivity contribution in [3.63, 3.8) is 0 Å². The van der Waals surface area contributed by atoms with Crippen molar-refractivity contribution >= 4 is 81.8 Å². The van der Waals surface area contributed by atoms with E-state index in [0.29, 0.717) is 71.3 Å². The maximum atomic E-state index is 13.8. The van der Waals surface area contributed by atoms with Gasteiger partial charge in [0.2, 0.25) is 12.2 Å². The number of carbonyl (C=O) groups excluding carboxylic acids is 3. The topological polar surface area (TPSA) is 394 Å². The van der Waals surface area contributed by atoms with Gasteiger partial charge < -0.3 is 75.1 Å². The molecule has 6 heterocycles. The lowest BCUT2D eigenvalue weighted by Crippen LogP contribution is -2.64. The fourth-order valence-electron chi connectivity index (χ4n) is 15.3. The number of benzene rings is 2. The van der Waals surface area contributed by atoms with Gasteiger partial charge in [-0.3, -0.25) is 24.2 Å². The highest BCUT2D eigenvalue weighted by atomic mass is 32.1. The van der Waals surface area contributed by atoms with Gasteiger partial charge in [0.05, 0.1) is 35.0 Å². The summed E-state index contributed by atoms with van der Waals surface area (Å²) in [6, 6.07) is 17.3. The summed E-state index contributed by atoms with van der Waals surface area (Å²) in [4.78, 5) is 101. The van der Waals surface area contributed by atoms with Crippen molar-refractivity contribution in [1.82, 2.24) is 29.6 Å². The Labute approximate surface area is 532 Å². The molecule has 4 aliphatic carbocycles. The van der Waals surface area contributed by atoms with Crippen LogP contribution in [0.3, 0.4) is 0 Å². The number of pyridine rings is 2. The van der Waals surface area contributed by atoms with Crippen molar-refractivity contribution in [1.29, 1.82) is 0 Å². The average Bonchev–Trinajstić information content (AvgIpc) is 0.714. The summed E-state index contributed by atoms with van der Waals surface area (Å²) < 4.78 is 38.4. The zero-order valence-electron chi connectivity index (χ0n) is 51.0. The Bertz CT molecular complexity index is 3840. The Morgan fingerprint density at radius 2 is 1.70 bits per heavy atom. The standard InChI is InChI=1S/C63H75N10O17PS/c1-36-41(39-13-15-46(68-48(39)55(79)80)72-21-17-38-9-4-10-40(42(38)28-72)54(78)70-58-69-53-45(92-58)11-5-19-65-53)27-66-73(36)35-62-30-60(2)29-61(3,31-62)33-63(32-60,34-62)88-24-22-71(20-7-25-91(84,85)86)59(83)87-23-6-8-37-12-14-44(43(26-37)67-47(74)16-18-64)89-57-51(77)49(75)50(76)52(90-57)56(81)82/h4-6,8-15,19,26-27,49-52,57,75-77H,7,16-18,20-25,28-35,64H2,1-3H3,(H,67,74)(H,79,80)(H,81,82)(H2,84,85,86)(H,65,69,70,78)/b8-6+/t49-,50-,51+,52-,57+,60?,61?,62?,63?/m0/s1. The quantitative estimate of drug-likeness (QED) is 0.0302. The van der Waals surface area contributed by atoms with E-state index in [-0.39, 0.29) is 85.0 Å². The van der Waals surface area contributed by atoms with Crippen LogP contribution in [0.4, 0.5) is 21.4 Å². The fraction of sp³-hybridized carbons (Fsp3) is 0.476. The van der Waals surface area contributed by atoms with E-state index in [1.165, 1.54) is 40.5 Å². The maximum Gasteiger partial charge on any atom is 0.410 e. The molecule has 12 rings (SSSR count). The number of nitrogens with one attached hydrogen (secondary N) is 2. The first-order chi connectivity index (χ1) is 43.7. The van der Waals surface area contributed by atoms with Crippen LogP contribution in [0.1, 0.15) is 108 Å². The monoisotopic (exact) mass is 1310 g/mol. The molecule has 2 unspecified atom stereocenters. The molecule has 6 aliphatic rings. The van der Waals surface area contributed by atoms with E-state index in [2.05, 4.69) is 34.4 Å². The zero-order chi connectivity index (χ0) is 65.5. The van der Waals surface area contributed by atoms with Crippen molar-refractivity contribution < 1.29 is 82.8 Å². The number of thiazole rings is 1. The number of carboxylic acid groups (broad SMARTS) is 2. The van der Waals surface area contributed by atoms with Gasteiger partial charge in [-0.2, -0.15) is 10.1 Å². The highest BCUT2D eigenvalue weighted by Crippen LogP contribution is 2.72. The molecular weight excluding hydrogens is 1230 g/mol. The lowest BCUT2D eigenvalue weighted by molar-refractivity contribution is -0.271. The van der Waals surface area contributed by atoms with Crippen LogP contribution >= 0.6 is 18.9 Å². The molecule has 5 fully saturated rings. The Morgan fingerprint density at radius 3 is 2.42 bits per heavy atom. The molecule has 29 heteroatoms. The molecule has 7 atom stereocenters. The van der Waals surface area contributed by atoms with Crippen LogP contribution in [0.15, 0.2) is 79.1 Å². The van der Waals surface area contributed by atoms with Gasteiger partial charge in [-0.25, -0.2) is 24.4 Å². The molecule has 92 heavy (non-hydrogen) atoms. The van der Waals surface area contributed by atoms with E-state index >= 15 is 0 Å². The van der Waals surface area contributed by atoms with Crippen molar-refractivity contribution in [2.24, 2.45) is 22.0 Å². The number of carboxylic acids is 2. The van der Waals surface area contributed by atoms with Gasteiger partial charge in [0, 0.05) is 74.3 Å². The van der Waals surface area contributed by atoms with Crippen LogP contribution in [-0.4, -0.2) is 177 Å². The predicted molar refractivity (Wildman–Crippen MR) is 336 cm³/mol. The molecule has 3 amide bonds. The summed E-state index contributed by atoms with van der Waals surface area (Å²) in [5.74, 6) is -3.25. The fourth-order valence-corrected chi connectivity index (χ4v) is 16.7. The highest BCUT2D eigenvalue weighted by molar-refractivity contribution is 7.51. The minimum absolute atomic E-state index is 0.00826. The van der Waals surface area contributed by atoms with Crippen molar-refractivity contribution in [3.8, 4) is 16.9 Å². The smallest absolute Gasteiger partial charge is 0.410 e. The molecule has 11 N–H and O–H groups in total. The molecule has 2 aromatic carbocycles. The molecule has 27 nitrogen and oxygen atoms in total. The van der Waals surface area contributed by atoms with Crippen molar-refractivity contribution in [2.45, 2.75) is 128 Å². The van der Waals surface area contributed by atoms with Gasteiger partial charge in [-0.05, 0) is 140 Å². The number of anilines is 3. The second-order valence-corrected chi connectivity index (χ2v) is 28.5. The molecule has 1 saturated heterocycles. The Morgan fingerprint density at radius 1 is 0.913 bits per heavy atom. The normalized spacial score (nSPS) is 25.8. The van der Waals surface area contributed by atoms with Gasteiger partial charge in [-0.1, -0.05) is 49.5 Å². The summed E-state index contributed by atoms with van der Waals surface area (Å²) in [6.07, 6.45) is 1.36. The summed E-state index contributed by atoms with van der Waals surface area (Å²) in [6.45, 7) is 7.84. The minimum atomic E-state index is -4.41. The molecule has 4 saturated carbocycles. The van der Waals surface area contributed by atoms with Crippen LogP contribution in [0.5, 0.6) is 5.75 Å². The Hall–Kier alpha value is -7.76. The van der Waals surface area contributed by atoms with E-state index in [4.69, 9.17) is 34.8 Å². The number of amides is 3. The van der Waals surface area contributed by atoms with Crippen molar-refractivity contribution in [2.75, 3.05) is 61.1 Å². The number of aliphatic carboxylic acids is 1. The first-order valence-corrected chi connectivity index (χ1v) is 33.0. The third kappa shape index (κ3) is 14.4. The molecule has 4 bridgehead atoms. The molecule has 2 aliphatic heterocycles. The van der Waals surface area contributed by atoms with Crippen LogP contribution < -0.4 is 26.0 Å². The van der Waals surface area contributed by atoms with Crippen LogP contribution in [0.25, 0.3) is 27.6 Å². The predicted octanol–water partition coefficient (Wildman–Crippen LogP) is 6.19. The number of nitrogens with two attached hydrogens (primary N) is 1. The Balaban J connectivity index is 0.748. The summed E-state index contributed by atoms with van der Waals surface area (Å²) in [5, 5.41) is 62.2. The Kier molecular flexibility index (Phi) is 18.8. The number of nitrogens with zero attached hydrogens (tertiary/aromatic N) is 7. The zero-order valence-corrected chi connectivity index (χ0v) is 52.7. The minimum Gasteiger partial charge on any atom is -0.479 e. The number of rotatable bonds is 24. The van der Waals surface area contributed by atoms with Crippen LogP contribution in [-0.2, 0) is 47.9 Å². The number of aromatic carboxylic acids is 1. The van der Waals surface area contributed by atoms with Crippen molar-refractivity contribution in [3.05, 3.63) is 113 Å². The number of hydrogen-bond donors (Lipinski definition) is 10. The number of aromatic nitrogens is 5. The summed E-state index contributed by atoms with van der Waals surface area (Å²) >= 11 is 1.34. The summed E-state index contributed by atoms with van der Waals surface area (Å²) in [5.41, 5.74) is 9.67. The second-order valence-electron chi connectivity index (χ2n) is 25.7. The third-order valence-corrected chi connectivity index (χ3v) is 19.9. The van der Waals surface area contributed by atoms with Crippen LogP contribution in [0.2, 0.25) is 0 Å². The van der Waals surface area contributed by atoms with Gasteiger partial charge in [0.1, 0.15) is 36.5 Å². The molecule has 0 spiro atoms. The molecule has 4 aromatic heterocycles. The largest absolute Gasteiger partial charge is 0.479 e. The third-order valence-electron chi connectivity index (χ3n) is 18.1. The molecule has 490 valence electrons. The van der Waals surface area contributed by atoms with E-state index in [1.54, 1.807) is 30.6 Å². The van der Waals surface area contributed by atoms with E-state index in [1.807, 2.05) is 46.8 Å². The van der Waals surface area contributed by atoms with E-state index < -0.39 is 74.0 Å². The molecule has 0 radical (unpaired) electrons. The maximum absolute atomic E-state index is 13.8. The molecular formula is C63H75N10O17PS. The van der Waals surface area contributed by atoms with E-state index in [9.17, 15) is 63.9 Å². The van der Waals surface area contributed by atoms with Gasteiger partial charge in [-0.15, -0.1) is 0 Å². The number of hydrogen-bond acceptors (Lipinski definition) is 20. The number of fused-ring (bicyclic) bond motifs is 2. The first kappa shape index (κ1) is 65.7. The van der Waals surface area contributed by atoms with Gasteiger partial charge in [0.15, 0.2) is 22.6 Å². The van der Waals surface area contributed by atoms with Gasteiger partial charge >= 0.3 is 25.6 Å². The SMILES string of the molecule is Cc1c(-c2ccc(N3CCc4cccc(C(=O)Nc5nc6ncccc6s5)c4C3)nc2C(=O)O)cnn1CC12CC3(C)CC(C)(C1)CC(OCCN(CCCP(=O)(O)O)C(=O)OC/C=C/c1ccc(O[C@@H]4O[C@H](C(=O)O)[C@@H](O)[C@H](O)[C@H]4O)c(NC(=O)CCN)c1)(C3)C2. The van der Waals surface area contributed by atoms with Crippen LogP contribution in [0, 0.1) is 23.2 Å². The number of carbonyl (C=O) groups is 5. The summed E-state index contributed by atoms with van der Waals surface area (Å²) in [7, 11) is -4.41. The molecule has 6 aromatic rings. The second kappa shape index (κ2) is 26.3. The number of aliphatic hydroxyl groups is 3. The lowest BCUT2D eigenvalue weighted by Gasteiger charge is -2.69. The average molecular weight is 1310 g/mol. The first-order valence-electron chi connectivity index (χ1n) is 30.4. The van der Waals surface area contributed by atoms with E-state index in [0.717, 1.165) is 53.6 Å². The number of ether oxygens (including phenoxy) is 4. The highest BCUT2D eigenvalue weighted by Gasteiger charge is 2.66.